The molecule has 1 atom stereocenters. The largest absolute Gasteiger partial charge is 0.384 e. The van der Waals surface area contributed by atoms with Crippen LogP contribution in [-0.4, -0.2) is 22.4 Å². The van der Waals surface area contributed by atoms with Crippen LogP contribution in [0.4, 0.5) is 0 Å². The molecule has 0 saturated carbocycles. The molecule has 0 fully saturated rings. The lowest BCUT2D eigenvalue weighted by molar-refractivity contribution is 0.151. The Morgan fingerprint density at radius 2 is 2.45 bits per heavy atom. The van der Waals surface area contributed by atoms with Crippen LogP contribution in [0.2, 0.25) is 0 Å². The molecule has 0 amide bonds. The SMILES string of the molecule is COCc1noc([C@H](C)O)n1. The summed E-state index contributed by atoms with van der Waals surface area (Å²) in [5.74, 6) is 0.667. The Bertz CT molecular complexity index is 221. The maximum absolute atomic E-state index is 8.97. The lowest BCUT2D eigenvalue weighted by Gasteiger charge is -1.91. The highest BCUT2D eigenvalue weighted by Crippen LogP contribution is 2.08. The molecule has 5 heteroatoms. The summed E-state index contributed by atoms with van der Waals surface area (Å²) in [6, 6.07) is 0. The predicted octanol–water partition coefficient (Wildman–Crippen LogP) is 0.269. The van der Waals surface area contributed by atoms with Crippen LogP contribution in [0.1, 0.15) is 24.7 Å². The first-order valence-electron chi connectivity index (χ1n) is 3.23. The predicted molar refractivity (Wildman–Crippen MR) is 35.6 cm³/mol. The van der Waals surface area contributed by atoms with Gasteiger partial charge in [0.05, 0.1) is 0 Å². The van der Waals surface area contributed by atoms with Gasteiger partial charge in [-0.2, -0.15) is 4.98 Å². The molecule has 1 aromatic rings. The van der Waals surface area contributed by atoms with Crippen LogP contribution >= 0.6 is 0 Å². The Morgan fingerprint density at radius 3 is 2.91 bits per heavy atom. The van der Waals surface area contributed by atoms with E-state index < -0.39 is 6.10 Å². The third-order valence-corrected chi connectivity index (χ3v) is 1.11. The minimum absolute atomic E-state index is 0.219. The van der Waals surface area contributed by atoms with Crippen molar-refractivity contribution < 1.29 is 14.4 Å². The Kier molecular flexibility index (Phi) is 2.56. The van der Waals surface area contributed by atoms with Crippen molar-refractivity contribution in [2.45, 2.75) is 19.6 Å². The molecule has 0 radical (unpaired) electrons. The van der Waals surface area contributed by atoms with E-state index in [1.807, 2.05) is 0 Å². The number of ether oxygens (including phenoxy) is 1. The quantitative estimate of drug-likeness (QED) is 0.683. The number of hydrogen-bond acceptors (Lipinski definition) is 5. The number of aliphatic hydroxyl groups excluding tert-OH is 1. The summed E-state index contributed by atoms with van der Waals surface area (Å²) in [7, 11) is 1.54. The van der Waals surface area contributed by atoms with Crippen LogP contribution in [-0.2, 0) is 11.3 Å². The van der Waals surface area contributed by atoms with E-state index in [0.29, 0.717) is 12.4 Å². The molecule has 0 spiro atoms. The molecular formula is C6H10N2O3. The van der Waals surface area contributed by atoms with Gasteiger partial charge in [-0.1, -0.05) is 5.16 Å². The third-order valence-electron chi connectivity index (χ3n) is 1.11. The fraction of sp³-hybridized carbons (Fsp3) is 0.667. The zero-order valence-corrected chi connectivity index (χ0v) is 6.44. The van der Waals surface area contributed by atoms with Gasteiger partial charge in [0.2, 0.25) is 0 Å². The summed E-state index contributed by atoms with van der Waals surface area (Å²) in [5.41, 5.74) is 0. The average molecular weight is 158 g/mol. The maximum Gasteiger partial charge on any atom is 0.255 e. The Labute approximate surface area is 64.0 Å². The van der Waals surface area contributed by atoms with Crippen LogP contribution < -0.4 is 0 Å². The summed E-state index contributed by atoms with van der Waals surface area (Å²) in [6.07, 6.45) is -0.715. The fourth-order valence-corrected chi connectivity index (χ4v) is 0.625. The monoisotopic (exact) mass is 158 g/mol. The number of aromatic nitrogens is 2. The van der Waals surface area contributed by atoms with Gasteiger partial charge in [0.15, 0.2) is 5.82 Å². The van der Waals surface area contributed by atoms with Crippen molar-refractivity contribution in [1.29, 1.82) is 0 Å². The molecule has 0 bridgehead atoms. The van der Waals surface area contributed by atoms with Crippen molar-refractivity contribution >= 4 is 0 Å². The summed E-state index contributed by atoms with van der Waals surface area (Å²) in [5, 5.41) is 12.5. The second-order valence-electron chi connectivity index (χ2n) is 2.16. The number of hydrogen-bond donors (Lipinski definition) is 1. The Hall–Kier alpha value is -0.940. The van der Waals surface area contributed by atoms with Crippen LogP contribution in [0, 0.1) is 0 Å². The van der Waals surface area contributed by atoms with Crippen molar-refractivity contribution in [2.75, 3.05) is 7.11 Å². The molecule has 0 aromatic carbocycles. The smallest absolute Gasteiger partial charge is 0.255 e. The number of rotatable bonds is 3. The average Bonchev–Trinajstić information content (AvgIpc) is 2.37. The van der Waals surface area contributed by atoms with Crippen molar-refractivity contribution in [1.82, 2.24) is 10.1 Å². The van der Waals surface area contributed by atoms with Crippen LogP contribution in [0.3, 0.4) is 0 Å². The van der Waals surface area contributed by atoms with Crippen molar-refractivity contribution in [3.63, 3.8) is 0 Å². The Morgan fingerprint density at radius 1 is 1.73 bits per heavy atom. The molecule has 1 heterocycles. The van der Waals surface area contributed by atoms with E-state index in [9.17, 15) is 0 Å². The minimum atomic E-state index is -0.715. The van der Waals surface area contributed by atoms with Crippen molar-refractivity contribution in [3.8, 4) is 0 Å². The highest BCUT2D eigenvalue weighted by Gasteiger charge is 2.09. The third kappa shape index (κ3) is 1.99. The summed E-state index contributed by atoms with van der Waals surface area (Å²) < 4.78 is 9.44. The van der Waals surface area contributed by atoms with Gasteiger partial charge in [-0.05, 0) is 6.92 Å². The molecule has 0 aliphatic heterocycles. The van der Waals surface area contributed by atoms with E-state index in [2.05, 4.69) is 14.7 Å². The van der Waals surface area contributed by atoms with E-state index in [-0.39, 0.29) is 5.89 Å². The standard InChI is InChI=1S/C6H10N2O3/c1-4(9)6-7-5(3-10-2)8-11-6/h4,9H,3H2,1-2H3/t4-/m0/s1. The van der Waals surface area contributed by atoms with Gasteiger partial charge in [-0.3, -0.25) is 0 Å². The van der Waals surface area contributed by atoms with Gasteiger partial charge < -0.3 is 14.4 Å². The van der Waals surface area contributed by atoms with Crippen LogP contribution in [0.25, 0.3) is 0 Å². The molecule has 5 nitrogen and oxygen atoms in total. The van der Waals surface area contributed by atoms with Gasteiger partial charge in [-0.15, -0.1) is 0 Å². The van der Waals surface area contributed by atoms with Crippen LogP contribution in [0.15, 0.2) is 4.52 Å². The molecule has 1 aromatic heterocycles. The lowest BCUT2D eigenvalue weighted by atomic mass is 10.4. The van der Waals surface area contributed by atoms with E-state index >= 15 is 0 Å². The lowest BCUT2D eigenvalue weighted by Crippen LogP contribution is -1.93. The first kappa shape index (κ1) is 8.16. The molecule has 11 heavy (non-hydrogen) atoms. The van der Waals surface area contributed by atoms with Crippen molar-refractivity contribution in [3.05, 3.63) is 11.7 Å². The molecule has 0 aliphatic carbocycles. The topological polar surface area (TPSA) is 68.4 Å². The van der Waals surface area contributed by atoms with E-state index in [1.54, 1.807) is 14.0 Å². The fourth-order valence-electron chi connectivity index (χ4n) is 0.625. The second-order valence-corrected chi connectivity index (χ2v) is 2.16. The first-order valence-corrected chi connectivity index (χ1v) is 3.23. The van der Waals surface area contributed by atoms with Crippen molar-refractivity contribution in [2.24, 2.45) is 0 Å². The summed E-state index contributed by atoms with van der Waals surface area (Å²) >= 11 is 0. The maximum atomic E-state index is 8.97. The zero-order chi connectivity index (χ0) is 8.27. The van der Waals surface area contributed by atoms with Gasteiger partial charge in [0.1, 0.15) is 12.7 Å². The number of nitrogens with zero attached hydrogens (tertiary/aromatic N) is 2. The van der Waals surface area contributed by atoms with E-state index in [1.165, 1.54) is 0 Å². The molecular weight excluding hydrogens is 148 g/mol. The van der Waals surface area contributed by atoms with Gasteiger partial charge >= 0.3 is 0 Å². The van der Waals surface area contributed by atoms with Gasteiger partial charge in [0.25, 0.3) is 5.89 Å². The molecule has 0 saturated heterocycles. The second kappa shape index (κ2) is 3.45. The molecule has 62 valence electrons. The normalized spacial score (nSPS) is 13.4. The molecule has 1 N–H and O–H groups in total. The molecule has 0 unspecified atom stereocenters. The van der Waals surface area contributed by atoms with Gasteiger partial charge in [-0.25, -0.2) is 0 Å². The van der Waals surface area contributed by atoms with E-state index in [0.717, 1.165) is 0 Å². The summed E-state index contributed by atoms with van der Waals surface area (Å²) in [4.78, 5) is 3.85. The highest BCUT2D eigenvalue weighted by atomic mass is 16.5. The highest BCUT2D eigenvalue weighted by molar-refractivity contribution is 4.86. The number of aliphatic hydroxyl groups is 1. The Balaban J connectivity index is 2.66. The molecule has 1 rings (SSSR count). The summed E-state index contributed by atoms with van der Waals surface area (Å²) in [6.45, 7) is 1.86. The van der Waals surface area contributed by atoms with Gasteiger partial charge in [0, 0.05) is 7.11 Å². The number of methoxy groups -OCH3 is 1. The van der Waals surface area contributed by atoms with Crippen LogP contribution in [0.5, 0.6) is 0 Å². The first-order chi connectivity index (χ1) is 5.24. The minimum Gasteiger partial charge on any atom is -0.384 e. The zero-order valence-electron chi connectivity index (χ0n) is 6.44. The molecule has 0 aliphatic rings. The van der Waals surface area contributed by atoms with E-state index in [4.69, 9.17) is 9.84 Å².